The van der Waals surface area contributed by atoms with Crippen LogP contribution in [-0.4, -0.2) is 12.3 Å². The van der Waals surface area contributed by atoms with Crippen LogP contribution in [0.3, 0.4) is 0 Å². The number of benzene rings is 1. The minimum absolute atomic E-state index is 0.652. The fraction of sp³-hybridized carbons (Fsp3) is 0.538. The van der Waals surface area contributed by atoms with Crippen LogP contribution in [0.1, 0.15) is 25.8 Å². The third-order valence-electron chi connectivity index (χ3n) is 2.67. The van der Waals surface area contributed by atoms with Gasteiger partial charge in [-0.2, -0.15) is 0 Å². The number of nitrogens with two attached hydrogens (primary N) is 1. The molecule has 0 radical (unpaired) electrons. The molecule has 0 aromatic heterocycles. The number of hydrogen-bond acceptors (Lipinski definition) is 2. The van der Waals surface area contributed by atoms with Gasteiger partial charge in [0.15, 0.2) is 0 Å². The first-order valence-electron chi connectivity index (χ1n) is 5.78. The van der Waals surface area contributed by atoms with E-state index < -0.39 is 0 Å². The molecule has 0 aliphatic heterocycles. The number of rotatable bonds is 6. The Morgan fingerprint density at radius 1 is 1.44 bits per heavy atom. The lowest BCUT2D eigenvalue weighted by Crippen LogP contribution is -2.03. The number of thioether (sulfide) groups is 1. The van der Waals surface area contributed by atoms with E-state index in [1.807, 2.05) is 11.8 Å². The molecule has 1 unspecified atom stereocenters. The Hall–Kier alpha value is -0.180. The maximum Gasteiger partial charge on any atom is 0.0449 e. The summed E-state index contributed by atoms with van der Waals surface area (Å²) in [6, 6.07) is 6.29. The van der Waals surface area contributed by atoms with Gasteiger partial charge in [0, 0.05) is 15.7 Å². The second-order valence-corrected chi connectivity index (χ2v) is 5.62. The van der Waals surface area contributed by atoms with Gasteiger partial charge >= 0.3 is 0 Å². The minimum atomic E-state index is 0.652. The standard InChI is InChI=1S/C13H20ClNS/c1-3-10(2)9-16-12-5-4-11(6-7-15)13(14)8-12/h4-5,8,10H,3,6-7,9,15H2,1-2H3. The van der Waals surface area contributed by atoms with Crippen LogP contribution in [0.15, 0.2) is 23.1 Å². The summed E-state index contributed by atoms with van der Waals surface area (Å²) >= 11 is 8.07. The fourth-order valence-electron chi connectivity index (χ4n) is 1.33. The maximum absolute atomic E-state index is 6.19. The van der Waals surface area contributed by atoms with E-state index in [0.29, 0.717) is 6.54 Å². The highest BCUT2D eigenvalue weighted by Crippen LogP contribution is 2.27. The van der Waals surface area contributed by atoms with Crippen molar-refractivity contribution in [3.05, 3.63) is 28.8 Å². The van der Waals surface area contributed by atoms with E-state index in [9.17, 15) is 0 Å². The van der Waals surface area contributed by atoms with Crippen molar-refractivity contribution < 1.29 is 0 Å². The van der Waals surface area contributed by atoms with E-state index in [1.54, 1.807) is 0 Å². The lowest BCUT2D eigenvalue weighted by atomic mass is 10.1. The Balaban J connectivity index is 2.59. The summed E-state index contributed by atoms with van der Waals surface area (Å²) in [6.07, 6.45) is 2.08. The molecule has 1 atom stereocenters. The predicted octanol–water partition coefficient (Wildman–Crippen LogP) is 3.98. The molecule has 3 heteroatoms. The van der Waals surface area contributed by atoms with Crippen LogP contribution in [0, 0.1) is 5.92 Å². The van der Waals surface area contributed by atoms with Crippen molar-refractivity contribution in [2.45, 2.75) is 31.6 Å². The molecule has 2 N–H and O–H groups in total. The van der Waals surface area contributed by atoms with Gasteiger partial charge in [0.1, 0.15) is 0 Å². The SMILES string of the molecule is CCC(C)CSc1ccc(CCN)c(Cl)c1. The number of hydrogen-bond donors (Lipinski definition) is 1. The summed E-state index contributed by atoms with van der Waals surface area (Å²) in [5.41, 5.74) is 6.67. The largest absolute Gasteiger partial charge is 0.330 e. The van der Waals surface area contributed by atoms with Gasteiger partial charge in [0.05, 0.1) is 0 Å². The smallest absolute Gasteiger partial charge is 0.0449 e. The molecule has 0 aliphatic rings. The monoisotopic (exact) mass is 257 g/mol. The molecule has 0 saturated heterocycles. The molecular formula is C13H20ClNS. The van der Waals surface area contributed by atoms with Gasteiger partial charge in [-0.05, 0) is 36.6 Å². The van der Waals surface area contributed by atoms with Crippen LogP contribution in [0.5, 0.6) is 0 Å². The molecule has 0 saturated carbocycles. The Bertz CT molecular complexity index is 328. The second-order valence-electron chi connectivity index (χ2n) is 4.12. The van der Waals surface area contributed by atoms with E-state index in [4.69, 9.17) is 17.3 Å². The quantitative estimate of drug-likeness (QED) is 0.781. The molecule has 1 aromatic rings. The average Bonchev–Trinajstić information content (AvgIpc) is 2.29. The molecule has 1 rings (SSSR count). The molecule has 0 spiro atoms. The van der Waals surface area contributed by atoms with Gasteiger partial charge in [0.25, 0.3) is 0 Å². The van der Waals surface area contributed by atoms with Crippen LogP contribution in [-0.2, 0) is 6.42 Å². The maximum atomic E-state index is 6.19. The first kappa shape index (κ1) is 13.9. The minimum Gasteiger partial charge on any atom is -0.330 e. The number of halogens is 1. The van der Waals surface area contributed by atoms with Crippen molar-refractivity contribution >= 4 is 23.4 Å². The van der Waals surface area contributed by atoms with Crippen molar-refractivity contribution in [3.63, 3.8) is 0 Å². The van der Waals surface area contributed by atoms with Gasteiger partial charge in [-0.15, -0.1) is 11.8 Å². The summed E-state index contributed by atoms with van der Waals surface area (Å²) in [5.74, 6) is 1.91. The topological polar surface area (TPSA) is 26.0 Å². The molecule has 0 amide bonds. The zero-order valence-electron chi connectivity index (χ0n) is 10.0. The second kappa shape index (κ2) is 7.21. The van der Waals surface area contributed by atoms with Gasteiger partial charge in [-0.25, -0.2) is 0 Å². The van der Waals surface area contributed by atoms with Gasteiger partial charge < -0.3 is 5.73 Å². The lowest BCUT2D eigenvalue weighted by molar-refractivity contribution is 0.637. The average molecular weight is 258 g/mol. The van der Waals surface area contributed by atoms with Crippen LogP contribution in [0.25, 0.3) is 0 Å². The van der Waals surface area contributed by atoms with Crippen LogP contribution >= 0.6 is 23.4 Å². The Morgan fingerprint density at radius 2 is 2.19 bits per heavy atom. The molecule has 1 nitrogen and oxygen atoms in total. The highest BCUT2D eigenvalue weighted by atomic mass is 35.5. The summed E-state index contributed by atoms with van der Waals surface area (Å²) < 4.78 is 0. The molecule has 0 aliphatic carbocycles. The van der Waals surface area contributed by atoms with Gasteiger partial charge in [-0.3, -0.25) is 0 Å². The molecule has 90 valence electrons. The van der Waals surface area contributed by atoms with Gasteiger partial charge in [-0.1, -0.05) is 37.9 Å². The van der Waals surface area contributed by atoms with Crippen molar-refractivity contribution in [2.75, 3.05) is 12.3 Å². The van der Waals surface area contributed by atoms with E-state index >= 15 is 0 Å². The normalized spacial score (nSPS) is 12.8. The van der Waals surface area contributed by atoms with E-state index in [0.717, 1.165) is 28.7 Å². The van der Waals surface area contributed by atoms with E-state index in [1.165, 1.54) is 11.3 Å². The van der Waals surface area contributed by atoms with Crippen LogP contribution in [0.4, 0.5) is 0 Å². The van der Waals surface area contributed by atoms with Crippen molar-refractivity contribution in [2.24, 2.45) is 11.7 Å². The van der Waals surface area contributed by atoms with E-state index in [2.05, 4.69) is 32.0 Å². The molecule has 16 heavy (non-hydrogen) atoms. The van der Waals surface area contributed by atoms with Crippen molar-refractivity contribution in [1.29, 1.82) is 0 Å². The summed E-state index contributed by atoms with van der Waals surface area (Å²) in [6.45, 7) is 5.15. The van der Waals surface area contributed by atoms with E-state index in [-0.39, 0.29) is 0 Å². The molecule has 0 bridgehead atoms. The molecule has 1 aromatic carbocycles. The highest BCUT2D eigenvalue weighted by Gasteiger charge is 2.04. The Kier molecular flexibility index (Phi) is 6.25. The Morgan fingerprint density at radius 3 is 2.75 bits per heavy atom. The molecule has 0 fully saturated rings. The van der Waals surface area contributed by atoms with Crippen molar-refractivity contribution in [3.8, 4) is 0 Å². The zero-order chi connectivity index (χ0) is 12.0. The van der Waals surface area contributed by atoms with Crippen LogP contribution in [0.2, 0.25) is 5.02 Å². The zero-order valence-corrected chi connectivity index (χ0v) is 11.6. The molecule has 0 heterocycles. The predicted molar refractivity (Wildman–Crippen MR) is 74.4 cm³/mol. The Labute approximate surface area is 108 Å². The van der Waals surface area contributed by atoms with Crippen molar-refractivity contribution in [1.82, 2.24) is 0 Å². The third-order valence-corrected chi connectivity index (χ3v) is 4.34. The first-order valence-corrected chi connectivity index (χ1v) is 7.15. The third kappa shape index (κ3) is 4.36. The van der Waals surface area contributed by atoms with Gasteiger partial charge in [0.2, 0.25) is 0 Å². The fourth-order valence-corrected chi connectivity index (χ4v) is 2.75. The summed E-state index contributed by atoms with van der Waals surface area (Å²) in [7, 11) is 0. The lowest BCUT2D eigenvalue weighted by Gasteiger charge is -2.09. The highest BCUT2D eigenvalue weighted by molar-refractivity contribution is 7.99. The first-order chi connectivity index (χ1) is 7.67. The molecular weight excluding hydrogens is 238 g/mol. The summed E-state index contributed by atoms with van der Waals surface area (Å²) in [5, 5.41) is 0.847. The summed E-state index contributed by atoms with van der Waals surface area (Å²) in [4.78, 5) is 1.26. The van der Waals surface area contributed by atoms with Crippen LogP contribution < -0.4 is 5.73 Å².